The van der Waals surface area contributed by atoms with Gasteiger partial charge in [-0.3, -0.25) is 0 Å². The van der Waals surface area contributed by atoms with E-state index >= 15 is 0 Å². The maximum atomic E-state index is 14.3. The molecule has 3 rings (SSSR count). The molecule has 0 aliphatic heterocycles. The minimum absolute atomic E-state index is 0.0844. The molecule has 1 heterocycles. The fraction of sp³-hybridized carbons (Fsp3) is 0.111. The number of halogens is 2. The molecule has 2 aromatic carbocycles. The van der Waals surface area contributed by atoms with E-state index in [9.17, 15) is 17.6 Å². The largest absolute Gasteiger partial charge is 0.465 e. The number of aromatic nitrogens is 2. The number of imidazole rings is 1. The molecular formula is C18H15BrFN3O4S. The molecule has 7 nitrogen and oxygen atoms in total. The normalized spacial score (nSPS) is 11.4. The molecule has 0 amide bonds. The van der Waals surface area contributed by atoms with Gasteiger partial charge in [0.15, 0.2) is 0 Å². The fourth-order valence-electron chi connectivity index (χ4n) is 2.47. The molecule has 1 N–H and O–H groups in total. The maximum absolute atomic E-state index is 14.3. The molecule has 3 aromatic rings. The first kappa shape index (κ1) is 20.2. The molecule has 0 spiro atoms. The summed E-state index contributed by atoms with van der Waals surface area (Å²) in [6.45, 7) is -0.118. The highest BCUT2D eigenvalue weighted by Gasteiger charge is 2.19. The maximum Gasteiger partial charge on any atom is 0.339 e. The van der Waals surface area contributed by atoms with Crippen LogP contribution in [-0.2, 0) is 21.3 Å². The summed E-state index contributed by atoms with van der Waals surface area (Å²) in [5.41, 5.74) is 0.830. The van der Waals surface area contributed by atoms with Gasteiger partial charge in [0.25, 0.3) is 0 Å². The number of methoxy groups -OCH3 is 1. The van der Waals surface area contributed by atoms with E-state index in [1.54, 1.807) is 12.3 Å². The van der Waals surface area contributed by atoms with E-state index in [0.717, 1.165) is 0 Å². The Balaban J connectivity index is 1.79. The first-order valence-electron chi connectivity index (χ1n) is 7.96. The van der Waals surface area contributed by atoms with Gasteiger partial charge in [-0.2, -0.15) is 0 Å². The van der Waals surface area contributed by atoms with Gasteiger partial charge in [0.05, 0.1) is 29.6 Å². The lowest BCUT2D eigenvalue weighted by molar-refractivity contribution is 0.0599. The quantitative estimate of drug-likeness (QED) is 0.562. The second-order valence-electron chi connectivity index (χ2n) is 5.71. The highest BCUT2D eigenvalue weighted by atomic mass is 79.9. The predicted molar refractivity (Wildman–Crippen MR) is 103 cm³/mol. The van der Waals surface area contributed by atoms with Crippen LogP contribution in [0.1, 0.15) is 15.9 Å². The number of hydrogen-bond acceptors (Lipinski definition) is 5. The zero-order chi connectivity index (χ0) is 20.3. The van der Waals surface area contributed by atoms with Gasteiger partial charge < -0.3 is 9.30 Å². The third-order valence-electron chi connectivity index (χ3n) is 3.91. The molecule has 28 heavy (non-hydrogen) atoms. The first-order valence-corrected chi connectivity index (χ1v) is 10.2. The Kier molecular flexibility index (Phi) is 5.92. The molecule has 146 valence electrons. The number of nitrogens with one attached hydrogen (secondary N) is 1. The summed E-state index contributed by atoms with van der Waals surface area (Å²) >= 11 is 3.18. The predicted octanol–water partition coefficient (Wildman–Crippen LogP) is 3.04. The van der Waals surface area contributed by atoms with E-state index in [0.29, 0.717) is 15.7 Å². The molecule has 0 saturated heterocycles. The van der Waals surface area contributed by atoms with Crippen molar-refractivity contribution in [3.8, 4) is 5.69 Å². The lowest BCUT2D eigenvalue weighted by Crippen LogP contribution is -2.23. The van der Waals surface area contributed by atoms with Crippen molar-refractivity contribution in [2.24, 2.45) is 0 Å². The smallest absolute Gasteiger partial charge is 0.339 e. The highest BCUT2D eigenvalue weighted by Crippen LogP contribution is 2.22. The number of esters is 1. The van der Waals surface area contributed by atoms with Crippen LogP contribution in [0.4, 0.5) is 4.39 Å². The Bertz CT molecular complexity index is 1120. The second kappa shape index (κ2) is 8.21. The SMILES string of the molecule is COC(=O)c1cc(S(=O)(=O)NCc2ccc(-n3ccnc3)c(F)c2)ccc1Br. The molecule has 1 aromatic heterocycles. The number of ether oxygens (including phenoxy) is 1. The summed E-state index contributed by atoms with van der Waals surface area (Å²) in [4.78, 5) is 15.5. The fourth-order valence-corrected chi connectivity index (χ4v) is 3.92. The summed E-state index contributed by atoms with van der Waals surface area (Å²) in [6.07, 6.45) is 4.60. The number of sulfonamides is 1. The Morgan fingerprint density at radius 1 is 1.29 bits per heavy atom. The Labute approximate surface area is 169 Å². The number of hydrogen-bond donors (Lipinski definition) is 1. The molecule has 0 fully saturated rings. The first-order chi connectivity index (χ1) is 13.3. The zero-order valence-corrected chi connectivity index (χ0v) is 17.0. The van der Waals surface area contributed by atoms with E-state index < -0.39 is 21.8 Å². The number of rotatable bonds is 6. The zero-order valence-electron chi connectivity index (χ0n) is 14.6. The monoisotopic (exact) mass is 467 g/mol. The number of benzene rings is 2. The van der Waals surface area contributed by atoms with Gasteiger partial charge in [-0.25, -0.2) is 27.3 Å². The summed E-state index contributed by atoms with van der Waals surface area (Å²) in [5, 5.41) is 0. The Hall–Kier alpha value is -2.56. The van der Waals surface area contributed by atoms with Crippen LogP contribution in [0.15, 0.2) is 64.5 Å². The van der Waals surface area contributed by atoms with Gasteiger partial charge in [-0.1, -0.05) is 6.07 Å². The van der Waals surface area contributed by atoms with Gasteiger partial charge >= 0.3 is 5.97 Å². The summed E-state index contributed by atoms with van der Waals surface area (Å²) in [5.74, 6) is -1.17. The summed E-state index contributed by atoms with van der Waals surface area (Å²) < 4.78 is 48.3. The van der Waals surface area contributed by atoms with Crippen molar-refractivity contribution in [3.63, 3.8) is 0 Å². The summed E-state index contributed by atoms with van der Waals surface area (Å²) in [7, 11) is -2.72. The van der Waals surface area contributed by atoms with Crippen molar-refractivity contribution in [2.45, 2.75) is 11.4 Å². The van der Waals surface area contributed by atoms with E-state index in [1.807, 2.05) is 0 Å². The van der Waals surface area contributed by atoms with Gasteiger partial charge in [-0.05, 0) is 51.8 Å². The van der Waals surface area contributed by atoms with E-state index in [1.165, 1.54) is 54.5 Å². The van der Waals surface area contributed by atoms with Crippen molar-refractivity contribution in [2.75, 3.05) is 7.11 Å². The third-order valence-corrected chi connectivity index (χ3v) is 6.00. The van der Waals surface area contributed by atoms with Crippen molar-refractivity contribution in [1.82, 2.24) is 14.3 Å². The van der Waals surface area contributed by atoms with E-state index in [2.05, 4.69) is 30.4 Å². The van der Waals surface area contributed by atoms with Crippen LogP contribution in [0.5, 0.6) is 0 Å². The average Bonchev–Trinajstić information content (AvgIpc) is 3.20. The molecule has 0 aliphatic carbocycles. The molecule has 0 atom stereocenters. The van der Waals surface area contributed by atoms with Crippen molar-refractivity contribution in [3.05, 3.63) is 76.5 Å². The Morgan fingerprint density at radius 2 is 2.07 bits per heavy atom. The standard InChI is InChI=1S/C18H15BrFN3O4S/c1-27-18(24)14-9-13(3-4-15(14)19)28(25,26)22-10-12-2-5-17(16(20)8-12)23-7-6-21-11-23/h2-9,11,22H,10H2,1H3. The molecule has 0 bridgehead atoms. The van der Waals surface area contributed by atoms with Crippen LogP contribution in [0, 0.1) is 5.82 Å². The van der Waals surface area contributed by atoms with Crippen LogP contribution >= 0.6 is 15.9 Å². The molecule has 0 unspecified atom stereocenters. The van der Waals surface area contributed by atoms with Crippen LogP contribution in [0.25, 0.3) is 5.69 Å². The molecule has 0 aliphatic rings. The minimum Gasteiger partial charge on any atom is -0.465 e. The molecule has 0 radical (unpaired) electrons. The van der Waals surface area contributed by atoms with Crippen LogP contribution in [0.3, 0.4) is 0 Å². The number of carbonyl (C=O) groups excluding carboxylic acids is 1. The Morgan fingerprint density at radius 3 is 2.71 bits per heavy atom. The number of nitrogens with zero attached hydrogens (tertiary/aromatic N) is 2. The third kappa shape index (κ3) is 4.29. The average molecular weight is 468 g/mol. The summed E-state index contributed by atoms with van der Waals surface area (Å²) in [6, 6.07) is 8.40. The van der Waals surface area contributed by atoms with Gasteiger partial charge in [0.1, 0.15) is 5.82 Å². The molecule has 0 saturated carbocycles. The highest BCUT2D eigenvalue weighted by molar-refractivity contribution is 9.10. The van der Waals surface area contributed by atoms with Crippen LogP contribution in [-0.4, -0.2) is 31.0 Å². The number of carbonyl (C=O) groups is 1. The van der Waals surface area contributed by atoms with E-state index in [4.69, 9.17) is 0 Å². The van der Waals surface area contributed by atoms with E-state index in [-0.39, 0.29) is 17.0 Å². The van der Waals surface area contributed by atoms with Gasteiger partial charge in [0.2, 0.25) is 10.0 Å². The second-order valence-corrected chi connectivity index (χ2v) is 8.33. The van der Waals surface area contributed by atoms with Crippen LogP contribution in [0.2, 0.25) is 0 Å². The molecular weight excluding hydrogens is 453 g/mol. The van der Waals surface area contributed by atoms with Crippen molar-refractivity contribution < 1.29 is 22.3 Å². The topological polar surface area (TPSA) is 90.3 Å². The van der Waals surface area contributed by atoms with Crippen LogP contribution < -0.4 is 4.72 Å². The van der Waals surface area contributed by atoms with Gasteiger partial charge in [-0.15, -0.1) is 0 Å². The van der Waals surface area contributed by atoms with Gasteiger partial charge in [0, 0.05) is 23.4 Å². The minimum atomic E-state index is -3.92. The molecule has 10 heteroatoms. The lowest BCUT2D eigenvalue weighted by Gasteiger charge is -2.10. The lowest BCUT2D eigenvalue weighted by atomic mass is 10.2. The van der Waals surface area contributed by atoms with Crippen molar-refractivity contribution in [1.29, 1.82) is 0 Å². The van der Waals surface area contributed by atoms with Crippen molar-refractivity contribution >= 4 is 31.9 Å².